The normalized spacial score (nSPS) is 17.4. The van der Waals surface area contributed by atoms with Crippen LogP contribution in [-0.2, 0) is 14.3 Å². The summed E-state index contributed by atoms with van der Waals surface area (Å²) in [7, 11) is 0. The third-order valence-corrected chi connectivity index (χ3v) is 6.29. The van der Waals surface area contributed by atoms with Gasteiger partial charge < -0.3 is 14.9 Å². The fourth-order valence-electron chi connectivity index (χ4n) is 3.62. The number of phenols is 1. The van der Waals surface area contributed by atoms with E-state index < -0.39 is 23.7 Å². The first-order chi connectivity index (χ1) is 15.8. The molecule has 1 fully saturated rings. The van der Waals surface area contributed by atoms with Crippen LogP contribution in [-0.4, -0.2) is 39.5 Å². The number of ketones is 1. The Morgan fingerprint density at radius 2 is 1.79 bits per heavy atom. The summed E-state index contributed by atoms with van der Waals surface area (Å²) in [5.74, 6) is -2.64. The summed E-state index contributed by atoms with van der Waals surface area (Å²) in [6.07, 6.45) is 0. The van der Waals surface area contributed by atoms with Crippen LogP contribution in [0.5, 0.6) is 5.75 Å². The van der Waals surface area contributed by atoms with Gasteiger partial charge in [0.1, 0.15) is 16.4 Å². The number of amides is 1. The molecular weight excluding hydrogens is 444 g/mol. The fourth-order valence-corrected chi connectivity index (χ4v) is 4.61. The summed E-state index contributed by atoms with van der Waals surface area (Å²) in [6, 6.07) is 13.4. The Hall–Kier alpha value is -3.98. The van der Waals surface area contributed by atoms with E-state index in [0.717, 1.165) is 11.3 Å². The van der Waals surface area contributed by atoms with Crippen molar-refractivity contribution in [2.45, 2.75) is 19.9 Å². The van der Waals surface area contributed by atoms with E-state index in [2.05, 4.69) is 4.98 Å². The van der Waals surface area contributed by atoms with E-state index in [4.69, 9.17) is 4.74 Å². The number of esters is 1. The van der Waals surface area contributed by atoms with Gasteiger partial charge in [-0.05, 0) is 31.5 Å². The Bertz CT molecular complexity index is 1260. The van der Waals surface area contributed by atoms with Crippen molar-refractivity contribution in [2.75, 3.05) is 11.5 Å². The molecule has 168 valence electrons. The first-order valence-corrected chi connectivity index (χ1v) is 10.9. The summed E-state index contributed by atoms with van der Waals surface area (Å²) in [6.45, 7) is 3.48. The second-order valence-corrected chi connectivity index (χ2v) is 8.24. The van der Waals surface area contributed by atoms with Gasteiger partial charge in [0.25, 0.3) is 5.78 Å². The number of Topliss-reactive ketones (excluding diaryl/α,β-unsaturated/α-hetero) is 1. The molecule has 1 unspecified atom stereocenters. The second kappa shape index (κ2) is 8.87. The molecule has 0 aliphatic carbocycles. The molecule has 1 amide bonds. The van der Waals surface area contributed by atoms with Crippen LogP contribution in [0.1, 0.15) is 39.5 Å². The molecule has 8 nitrogen and oxygen atoms in total. The number of ether oxygens (including phenoxy) is 1. The highest BCUT2D eigenvalue weighted by Crippen LogP contribution is 2.44. The summed E-state index contributed by atoms with van der Waals surface area (Å²) < 4.78 is 5.06. The van der Waals surface area contributed by atoms with E-state index in [1.165, 1.54) is 17.0 Å². The van der Waals surface area contributed by atoms with Crippen LogP contribution in [0.2, 0.25) is 0 Å². The number of aromatic nitrogens is 1. The minimum atomic E-state index is -1.01. The third kappa shape index (κ3) is 3.98. The van der Waals surface area contributed by atoms with Gasteiger partial charge in [-0.25, -0.2) is 9.78 Å². The van der Waals surface area contributed by atoms with E-state index in [1.807, 2.05) is 0 Å². The maximum Gasteiger partial charge on any atom is 0.350 e. The Morgan fingerprint density at radius 1 is 1.12 bits per heavy atom. The Labute approximate surface area is 193 Å². The van der Waals surface area contributed by atoms with Gasteiger partial charge in [0, 0.05) is 5.56 Å². The maximum atomic E-state index is 13.2. The highest BCUT2D eigenvalue weighted by atomic mass is 32.1. The molecule has 1 aliphatic rings. The highest BCUT2D eigenvalue weighted by Gasteiger charge is 2.48. The maximum absolute atomic E-state index is 13.2. The van der Waals surface area contributed by atoms with Crippen molar-refractivity contribution in [3.63, 3.8) is 0 Å². The zero-order chi connectivity index (χ0) is 23.7. The zero-order valence-corrected chi connectivity index (χ0v) is 18.6. The molecule has 0 radical (unpaired) electrons. The molecule has 2 heterocycles. The summed E-state index contributed by atoms with van der Waals surface area (Å²) in [4.78, 5) is 44.3. The second-order valence-electron chi connectivity index (χ2n) is 7.26. The average molecular weight is 464 g/mol. The van der Waals surface area contributed by atoms with Crippen molar-refractivity contribution >= 4 is 39.9 Å². The molecule has 33 heavy (non-hydrogen) atoms. The van der Waals surface area contributed by atoms with Gasteiger partial charge in [0.15, 0.2) is 5.13 Å². The van der Waals surface area contributed by atoms with Crippen molar-refractivity contribution in [2.24, 2.45) is 0 Å². The molecule has 1 saturated heterocycles. The standard InChI is InChI=1S/C24H20N2O6S/c1-3-32-23(31)21-13(2)25-24(33-21)26-18(14-9-11-16(27)12-10-14)17(20(29)22(26)30)19(28)15-7-5-4-6-8-15/h4-12,18,27-28H,3H2,1-2H3/b19-17+. The number of aryl methyl sites for hydroxylation is 1. The molecule has 0 saturated carbocycles. The van der Waals surface area contributed by atoms with Crippen LogP contribution in [0.15, 0.2) is 60.2 Å². The van der Waals surface area contributed by atoms with Crippen molar-refractivity contribution in [3.05, 3.63) is 81.9 Å². The smallest absolute Gasteiger partial charge is 0.350 e. The molecule has 3 aromatic rings. The number of phenolic OH excluding ortho intramolecular Hbond substituents is 1. The van der Waals surface area contributed by atoms with Crippen LogP contribution < -0.4 is 4.90 Å². The Balaban J connectivity index is 1.90. The van der Waals surface area contributed by atoms with Gasteiger partial charge in [-0.15, -0.1) is 0 Å². The number of nitrogens with zero attached hydrogens (tertiary/aromatic N) is 2. The first kappa shape index (κ1) is 22.2. The quantitative estimate of drug-likeness (QED) is 0.254. The largest absolute Gasteiger partial charge is 0.508 e. The third-order valence-electron chi connectivity index (χ3n) is 5.15. The lowest BCUT2D eigenvalue weighted by Crippen LogP contribution is -2.29. The molecule has 0 bridgehead atoms. The van der Waals surface area contributed by atoms with E-state index in [-0.39, 0.29) is 33.7 Å². The number of thiazole rings is 1. The van der Waals surface area contributed by atoms with Crippen LogP contribution in [0.3, 0.4) is 0 Å². The van der Waals surface area contributed by atoms with E-state index in [9.17, 15) is 24.6 Å². The van der Waals surface area contributed by atoms with E-state index in [0.29, 0.717) is 16.8 Å². The monoisotopic (exact) mass is 464 g/mol. The molecule has 1 aromatic heterocycles. The van der Waals surface area contributed by atoms with Gasteiger partial charge in [0.05, 0.1) is 23.9 Å². The number of hydrogen-bond acceptors (Lipinski definition) is 8. The summed E-state index contributed by atoms with van der Waals surface area (Å²) in [5, 5.41) is 20.9. The fraction of sp³-hybridized carbons (Fsp3) is 0.167. The number of rotatable bonds is 5. The topological polar surface area (TPSA) is 117 Å². The first-order valence-electron chi connectivity index (χ1n) is 10.1. The number of carbonyl (C=O) groups is 3. The van der Waals surface area contributed by atoms with Gasteiger partial charge in [-0.1, -0.05) is 53.8 Å². The number of aromatic hydroxyl groups is 1. The summed E-state index contributed by atoms with van der Waals surface area (Å²) in [5.41, 5.74) is 1.11. The number of anilines is 1. The lowest BCUT2D eigenvalue weighted by molar-refractivity contribution is -0.132. The number of aliphatic hydroxyl groups excluding tert-OH is 1. The van der Waals surface area contributed by atoms with Gasteiger partial charge in [0.2, 0.25) is 0 Å². The number of aliphatic hydroxyl groups is 1. The minimum Gasteiger partial charge on any atom is -0.508 e. The van der Waals surface area contributed by atoms with Crippen LogP contribution in [0.25, 0.3) is 5.76 Å². The molecule has 2 N–H and O–H groups in total. The molecule has 2 aromatic carbocycles. The van der Waals surface area contributed by atoms with Crippen molar-refractivity contribution in [3.8, 4) is 5.75 Å². The van der Waals surface area contributed by atoms with E-state index >= 15 is 0 Å². The van der Waals surface area contributed by atoms with Gasteiger partial charge in [-0.2, -0.15) is 0 Å². The van der Waals surface area contributed by atoms with Gasteiger partial charge in [-0.3, -0.25) is 14.5 Å². The molecule has 1 aliphatic heterocycles. The van der Waals surface area contributed by atoms with Crippen LogP contribution in [0, 0.1) is 6.92 Å². The molecule has 9 heteroatoms. The number of carbonyl (C=O) groups excluding carboxylic acids is 3. The van der Waals surface area contributed by atoms with Crippen molar-refractivity contribution in [1.82, 2.24) is 4.98 Å². The SMILES string of the molecule is CCOC(=O)c1sc(N2C(=O)C(=O)/C(=C(/O)c3ccccc3)C2c2ccc(O)cc2)nc1C. The van der Waals surface area contributed by atoms with Crippen molar-refractivity contribution in [1.29, 1.82) is 0 Å². The average Bonchev–Trinajstić information content (AvgIpc) is 3.32. The van der Waals surface area contributed by atoms with E-state index in [1.54, 1.807) is 56.3 Å². The molecule has 1 atom stereocenters. The predicted molar refractivity (Wildman–Crippen MR) is 122 cm³/mol. The van der Waals surface area contributed by atoms with Crippen LogP contribution >= 0.6 is 11.3 Å². The summed E-state index contributed by atoms with van der Waals surface area (Å²) >= 11 is 0.935. The van der Waals surface area contributed by atoms with Crippen molar-refractivity contribution < 1.29 is 29.3 Å². The lowest BCUT2D eigenvalue weighted by atomic mass is 9.95. The van der Waals surface area contributed by atoms with Crippen LogP contribution in [0.4, 0.5) is 5.13 Å². The van der Waals surface area contributed by atoms with Gasteiger partial charge >= 0.3 is 11.9 Å². The predicted octanol–water partition coefficient (Wildman–Crippen LogP) is 3.96. The molecule has 4 rings (SSSR count). The number of benzene rings is 2. The lowest BCUT2D eigenvalue weighted by Gasteiger charge is -2.23. The minimum absolute atomic E-state index is 0.00783. The zero-order valence-electron chi connectivity index (χ0n) is 17.8. The molecule has 0 spiro atoms. The Morgan fingerprint density at radius 3 is 2.42 bits per heavy atom. The molecular formula is C24H20N2O6S. The highest BCUT2D eigenvalue weighted by molar-refractivity contribution is 7.17. The number of hydrogen-bond donors (Lipinski definition) is 2. The Kier molecular flexibility index (Phi) is 5.97.